The van der Waals surface area contributed by atoms with Crippen molar-refractivity contribution in [2.75, 3.05) is 17.6 Å². The van der Waals surface area contributed by atoms with E-state index in [-0.39, 0.29) is 24.4 Å². The number of nitrogens with zero attached hydrogens (tertiary/aromatic N) is 2. The molecule has 1 N–H and O–H groups in total. The quantitative estimate of drug-likeness (QED) is 0.562. The van der Waals surface area contributed by atoms with Gasteiger partial charge in [0, 0.05) is 30.4 Å². The summed E-state index contributed by atoms with van der Waals surface area (Å²) in [5, 5.41) is 4.25. The first kappa shape index (κ1) is 24.1. The standard InChI is InChI=1S/C23H35N3OS.ClH/c1-4-14-26-21(16-28-23(26)25-19-8-6-5-7-9-19)15-22(27)24-20-12-10-18(11-13-20)17(2)3;/h10-13,17,19,21H,4-9,14-16H2,1-3H3,(H,24,27);1H. The Morgan fingerprint density at radius 2 is 1.90 bits per heavy atom. The van der Waals surface area contributed by atoms with Gasteiger partial charge in [-0.15, -0.1) is 12.4 Å². The Kier molecular flexibility index (Phi) is 9.84. The van der Waals surface area contributed by atoms with Crippen LogP contribution in [0.5, 0.6) is 0 Å². The fraction of sp³-hybridized carbons (Fsp3) is 0.652. The van der Waals surface area contributed by atoms with Gasteiger partial charge in [0.25, 0.3) is 0 Å². The molecule has 0 aromatic heterocycles. The molecule has 1 aromatic rings. The minimum absolute atomic E-state index is 0. The van der Waals surface area contributed by atoms with E-state index in [2.05, 4.69) is 43.1 Å². The third kappa shape index (κ3) is 6.92. The highest BCUT2D eigenvalue weighted by Gasteiger charge is 2.32. The van der Waals surface area contributed by atoms with E-state index >= 15 is 0 Å². The monoisotopic (exact) mass is 437 g/mol. The lowest BCUT2D eigenvalue weighted by Crippen LogP contribution is -2.37. The van der Waals surface area contributed by atoms with Crippen LogP contribution < -0.4 is 5.32 Å². The van der Waals surface area contributed by atoms with Gasteiger partial charge in [0.1, 0.15) is 0 Å². The number of aliphatic imine (C=N–C) groups is 1. The van der Waals surface area contributed by atoms with Gasteiger partial charge in [-0.05, 0) is 42.9 Å². The molecule has 1 unspecified atom stereocenters. The highest BCUT2D eigenvalue weighted by atomic mass is 35.5. The zero-order valence-electron chi connectivity index (χ0n) is 18.0. The maximum atomic E-state index is 12.6. The van der Waals surface area contributed by atoms with Gasteiger partial charge in [0.05, 0.1) is 6.04 Å². The van der Waals surface area contributed by atoms with Crippen LogP contribution in [0, 0.1) is 0 Å². The van der Waals surface area contributed by atoms with E-state index in [1.807, 2.05) is 23.9 Å². The fourth-order valence-corrected chi connectivity index (χ4v) is 5.31. The summed E-state index contributed by atoms with van der Waals surface area (Å²) < 4.78 is 0. The van der Waals surface area contributed by atoms with Crippen molar-refractivity contribution in [2.24, 2.45) is 4.99 Å². The van der Waals surface area contributed by atoms with Crippen LogP contribution in [0.1, 0.15) is 77.2 Å². The van der Waals surface area contributed by atoms with Crippen LogP contribution in [0.3, 0.4) is 0 Å². The minimum Gasteiger partial charge on any atom is -0.347 e. The topological polar surface area (TPSA) is 44.7 Å². The number of rotatable bonds is 7. The molecule has 1 atom stereocenters. The molecule has 4 nitrogen and oxygen atoms in total. The molecule has 2 aliphatic rings. The first-order chi connectivity index (χ1) is 13.6. The zero-order valence-corrected chi connectivity index (χ0v) is 19.7. The van der Waals surface area contributed by atoms with Gasteiger partial charge in [-0.1, -0.05) is 63.9 Å². The molecular formula is C23H36ClN3OS. The first-order valence-corrected chi connectivity index (χ1v) is 11.9. The highest BCUT2D eigenvalue weighted by molar-refractivity contribution is 8.14. The van der Waals surface area contributed by atoms with Crippen molar-refractivity contribution in [1.29, 1.82) is 0 Å². The van der Waals surface area contributed by atoms with Crippen LogP contribution in [0.4, 0.5) is 5.69 Å². The largest absolute Gasteiger partial charge is 0.347 e. The van der Waals surface area contributed by atoms with Gasteiger partial charge in [-0.2, -0.15) is 0 Å². The average molecular weight is 438 g/mol. The van der Waals surface area contributed by atoms with Crippen LogP contribution in [-0.2, 0) is 4.79 Å². The second-order valence-electron chi connectivity index (χ2n) is 8.39. The Balaban J connectivity index is 0.00000300. The van der Waals surface area contributed by atoms with E-state index in [0.717, 1.165) is 24.4 Å². The SMILES string of the molecule is CCCN1C(=NC2CCCCC2)SCC1CC(=O)Nc1ccc(C(C)C)cc1.Cl. The van der Waals surface area contributed by atoms with Crippen molar-refractivity contribution < 1.29 is 4.79 Å². The third-order valence-corrected chi connectivity index (χ3v) is 6.86. The van der Waals surface area contributed by atoms with Crippen LogP contribution in [0.15, 0.2) is 29.3 Å². The average Bonchev–Trinajstić information content (AvgIpc) is 3.04. The van der Waals surface area contributed by atoms with E-state index in [0.29, 0.717) is 18.4 Å². The predicted molar refractivity (Wildman–Crippen MR) is 129 cm³/mol. The summed E-state index contributed by atoms with van der Waals surface area (Å²) in [6.07, 6.45) is 8.03. The number of nitrogens with one attached hydrogen (secondary N) is 1. The van der Waals surface area contributed by atoms with Crippen molar-refractivity contribution in [3.05, 3.63) is 29.8 Å². The molecule has 1 amide bonds. The van der Waals surface area contributed by atoms with Gasteiger partial charge in [0.15, 0.2) is 5.17 Å². The number of halogens is 1. The van der Waals surface area contributed by atoms with E-state index in [1.165, 1.54) is 42.8 Å². The van der Waals surface area contributed by atoms with Crippen LogP contribution >= 0.6 is 24.2 Å². The van der Waals surface area contributed by atoms with E-state index in [9.17, 15) is 4.79 Å². The van der Waals surface area contributed by atoms with Gasteiger partial charge in [0.2, 0.25) is 5.91 Å². The second-order valence-corrected chi connectivity index (χ2v) is 9.38. The number of thioether (sulfide) groups is 1. The van der Waals surface area contributed by atoms with Crippen molar-refractivity contribution in [2.45, 2.75) is 83.7 Å². The van der Waals surface area contributed by atoms with Crippen molar-refractivity contribution >= 4 is 40.9 Å². The maximum absolute atomic E-state index is 12.6. The summed E-state index contributed by atoms with van der Waals surface area (Å²) in [6, 6.07) is 8.96. The molecule has 29 heavy (non-hydrogen) atoms. The zero-order chi connectivity index (χ0) is 19.9. The maximum Gasteiger partial charge on any atom is 0.226 e. The Hall–Kier alpha value is -1.20. The minimum atomic E-state index is 0. The summed E-state index contributed by atoms with van der Waals surface area (Å²) in [5.74, 6) is 1.57. The Morgan fingerprint density at radius 1 is 1.21 bits per heavy atom. The van der Waals surface area contributed by atoms with E-state index in [1.54, 1.807) is 0 Å². The Morgan fingerprint density at radius 3 is 2.52 bits per heavy atom. The molecule has 1 saturated heterocycles. The number of anilines is 1. The van der Waals surface area contributed by atoms with Crippen LogP contribution in [0.2, 0.25) is 0 Å². The molecule has 0 radical (unpaired) electrons. The summed E-state index contributed by atoms with van der Waals surface area (Å²) >= 11 is 1.84. The number of carbonyl (C=O) groups is 1. The molecule has 2 fully saturated rings. The highest BCUT2D eigenvalue weighted by Crippen LogP contribution is 2.30. The van der Waals surface area contributed by atoms with Crippen molar-refractivity contribution in [3.63, 3.8) is 0 Å². The van der Waals surface area contributed by atoms with Gasteiger partial charge in [-0.25, -0.2) is 0 Å². The Bertz CT molecular complexity index is 671. The van der Waals surface area contributed by atoms with E-state index in [4.69, 9.17) is 4.99 Å². The molecule has 6 heteroatoms. The third-order valence-electron chi connectivity index (χ3n) is 5.71. The van der Waals surface area contributed by atoms with Gasteiger partial charge >= 0.3 is 0 Å². The smallest absolute Gasteiger partial charge is 0.226 e. The molecule has 1 aliphatic heterocycles. The molecule has 3 rings (SSSR count). The van der Waals surface area contributed by atoms with Gasteiger partial charge < -0.3 is 10.2 Å². The lowest BCUT2D eigenvalue weighted by Gasteiger charge is -2.27. The summed E-state index contributed by atoms with van der Waals surface area (Å²) in [6.45, 7) is 7.55. The predicted octanol–water partition coefficient (Wildman–Crippen LogP) is 6.08. The molecule has 1 heterocycles. The number of amidine groups is 1. The normalized spacial score (nSPS) is 21.4. The summed E-state index contributed by atoms with van der Waals surface area (Å²) in [5.41, 5.74) is 2.18. The lowest BCUT2D eigenvalue weighted by molar-refractivity contribution is -0.116. The lowest BCUT2D eigenvalue weighted by atomic mass is 9.96. The molecule has 1 saturated carbocycles. The number of benzene rings is 1. The van der Waals surface area contributed by atoms with Crippen LogP contribution in [-0.4, -0.2) is 40.4 Å². The first-order valence-electron chi connectivity index (χ1n) is 10.9. The van der Waals surface area contributed by atoms with Crippen molar-refractivity contribution in [1.82, 2.24) is 4.90 Å². The second kappa shape index (κ2) is 11.8. The molecule has 162 valence electrons. The molecular weight excluding hydrogens is 402 g/mol. The summed E-state index contributed by atoms with van der Waals surface area (Å²) in [4.78, 5) is 20.1. The van der Waals surface area contributed by atoms with Crippen molar-refractivity contribution in [3.8, 4) is 0 Å². The Labute approximate surface area is 186 Å². The molecule has 1 aliphatic carbocycles. The number of amides is 1. The number of carbonyl (C=O) groups excluding carboxylic acids is 1. The summed E-state index contributed by atoms with van der Waals surface area (Å²) in [7, 11) is 0. The van der Waals surface area contributed by atoms with E-state index < -0.39 is 0 Å². The number of hydrogen-bond donors (Lipinski definition) is 1. The fourth-order valence-electron chi connectivity index (χ4n) is 4.04. The number of hydrogen-bond acceptors (Lipinski definition) is 3. The van der Waals surface area contributed by atoms with Gasteiger partial charge in [-0.3, -0.25) is 9.79 Å². The molecule has 1 aromatic carbocycles. The van der Waals surface area contributed by atoms with Crippen LogP contribution in [0.25, 0.3) is 0 Å². The molecule has 0 spiro atoms. The molecule has 0 bridgehead atoms.